The predicted molar refractivity (Wildman–Crippen MR) is 120 cm³/mol. The second-order valence-corrected chi connectivity index (χ2v) is 7.43. The van der Waals surface area contributed by atoms with Crippen LogP contribution in [-0.4, -0.2) is 24.0 Å². The average molecular weight is 424 g/mol. The molecule has 6 heteroatoms. The summed E-state index contributed by atoms with van der Waals surface area (Å²) in [5, 5.41) is 6.59. The SMILES string of the molecule is CC(NC(=O)CC(C)C1CCCNC1)c1ccc(-c2ccncc2)cc1.Cl.Cl. The van der Waals surface area contributed by atoms with Gasteiger partial charge in [-0.1, -0.05) is 31.2 Å². The van der Waals surface area contributed by atoms with Crippen LogP contribution < -0.4 is 10.6 Å². The van der Waals surface area contributed by atoms with Gasteiger partial charge in [-0.2, -0.15) is 0 Å². The van der Waals surface area contributed by atoms with E-state index in [-0.39, 0.29) is 36.8 Å². The molecule has 4 nitrogen and oxygen atoms in total. The van der Waals surface area contributed by atoms with Gasteiger partial charge in [0.1, 0.15) is 0 Å². The highest BCUT2D eigenvalue weighted by atomic mass is 35.5. The van der Waals surface area contributed by atoms with Crippen LogP contribution in [0.1, 0.15) is 44.7 Å². The van der Waals surface area contributed by atoms with Crippen molar-refractivity contribution in [2.24, 2.45) is 11.8 Å². The van der Waals surface area contributed by atoms with Crippen molar-refractivity contribution in [3.05, 3.63) is 54.4 Å². The molecule has 1 amide bonds. The molecule has 154 valence electrons. The summed E-state index contributed by atoms with van der Waals surface area (Å²) in [7, 11) is 0. The van der Waals surface area contributed by atoms with E-state index in [4.69, 9.17) is 0 Å². The van der Waals surface area contributed by atoms with Gasteiger partial charge < -0.3 is 10.6 Å². The third kappa shape index (κ3) is 6.77. The van der Waals surface area contributed by atoms with Crippen LogP contribution in [0.25, 0.3) is 11.1 Å². The van der Waals surface area contributed by atoms with Gasteiger partial charge in [-0.05, 0) is 73.5 Å². The summed E-state index contributed by atoms with van der Waals surface area (Å²) in [5.74, 6) is 1.18. The summed E-state index contributed by atoms with van der Waals surface area (Å²) in [6, 6.07) is 12.4. The number of pyridine rings is 1. The van der Waals surface area contributed by atoms with Crippen molar-refractivity contribution in [1.82, 2.24) is 15.6 Å². The molecule has 1 aromatic heterocycles. The Morgan fingerprint density at radius 1 is 1.11 bits per heavy atom. The molecule has 3 atom stereocenters. The Balaban J connectivity index is 0.00000196. The molecule has 1 aromatic carbocycles. The van der Waals surface area contributed by atoms with Crippen LogP contribution in [-0.2, 0) is 4.79 Å². The Labute approximate surface area is 180 Å². The lowest BCUT2D eigenvalue weighted by Gasteiger charge is -2.28. The first-order valence-electron chi connectivity index (χ1n) is 9.64. The normalized spacial score (nSPS) is 18.1. The molecular formula is C22H31Cl2N3O. The van der Waals surface area contributed by atoms with Gasteiger partial charge in [0.05, 0.1) is 6.04 Å². The zero-order chi connectivity index (χ0) is 18.4. The van der Waals surface area contributed by atoms with Crippen LogP contribution in [0.2, 0.25) is 0 Å². The van der Waals surface area contributed by atoms with Gasteiger partial charge in [0.25, 0.3) is 0 Å². The molecule has 0 aliphatic carbocycles. The fourth-order valence-corrected chi connectivity index (χ4v) is 3.72. The number of nitrogens with zero attached hydrogens (tertiary/aromatic N) is 1. The molecule has 0 saturated carbocycles. The van der Waals surface area contributed by atoms with E-state index in [9.17, 15) is 4.79 Å². The van der Waals surface area contributed by atoms with E-state index in [1.54, 1.807) is 12.4 Å². The van der Waals surface area contributed by atoms with E-state index < -0.39 is 0 Å². The third-order valence-corrected chi connectivity index (χ3v) is 5.45. The maximum Gasteiger partial charge on any atom is 0.220 e. The number of benzene rings is 1. The second kappa shape index (κ2) is 12.1. The first kappa shape index (κ1) is 24.4. The van der Waals surface area contributed by atoms with Crippen molar-refractivity contribution in [3.63, 3.8) is 0 Å². The van der Waals surface area contributed by atoms with Crippen LogP contribution in [0.5, 0.6) is 0 Å². The number of hydrogen-bond donors (Lipinski definition) is 2. The minimum atomic E-state index is 0. The van der Waals surface area contributed by atoms with E-state index in [0.29, 0.717) is 18.3 Å². The summed E-state index contributed by atoms with van der Waals surface area (Å²) in [6.07, 6.45) is 6.65. The number of rotatable bonds is 6. The Bertz CT molecular complexity index is 703. The van der Waals surface area contributed by atoms with E-state index in [1.165, 1.54) is 12.8 Å². The standard InChI is InChI=1S/C22H29N3O.2ClH/c1-16(21-4-3-11-24-15-21)14-22(26)25-17(2)18-5-7-19(8-6-18)20-9-12-23-13-10-20;;/h5-10,12-13,16-17,21,24H,3-4,11,14-15H2,1-2H3,(H,25,26);2*1H. The average Bonchev–Trinajstić information content (AvgIpc) is 2.69. The number of halogens is 2. The molecule has 3 unspecified atom stereocenters. The van der Waals surface area contributed by atoms with Crippen LogP contribution in [0.3, 0.4) is 0 Å². The number of amides is 1. The van der Waals surface area contributed by atoms with Crippen LogP contribution in [0, 0.1) is 11.8 Å². The Hall–Kier alpha value is -1.62. The van der Waals surface area contributed by atoms with Crippen molar-refractivity contribution >= 4 is 30.7 Å². The zero-order valence-electron chi connectivity index (χ0n) is 16.6. The number of hydrogen-bond acceptors (Lipinski definition) is 3. The Morgan fingerprint density at radius 2 is 1.75 bits per heavy atom. The number of carbonyl (C=O) groups is 1. The van der Waals surface area contributed by atoms with Gasteiger partial charge in [0, 0.05) is 18.8 Å². The van der Waals surface area contributed by atoms with Gasteiger partial charge in [0.2, 0.25) is 5.91 Å². The molecule has 0 spiro atoms. The van der Waals surface area contributed by atoms with Crippen molar-refractivity contribution in [2.75, 3.05) is 13.1 Å². The molecule has 2 N–H and O–H groups in total. The lowest BCUT2D eigenvalue weighted by molar-refractivity contribution is -0.123. The quantitative estimate of drug-likeness (QED) is 0.701. The van der Waals surface area contributed by atoms with Crippen LogP contribution in [0.4, 0.5) is 0 Å². The predicted octanol–water partition coefficient (Wildman–Crippen LogP) is 4.80. The zero-order valence-corrected chi connectivity index (χ0v) is 18.2. The first-order valence-corrected chi connectivity index (χ1v) is 9.64. The van der Waals surface area contributed by atoms with Gasteiger partial charge in [-0.3, -0.25) is 9.78 Å². The highest BCUT2D eigenvalue weighted by Crippen LogP contribution is 2.24. The van der Waals surface area contributed by atoms with Crippen LogP contribution >= 0.6 is 24.8 Å². The van der Waals surface area contributed by atoms with Gasteiger partial charge in [-0.15, -0.1) is 24.8 Å². The van der Waals surface area contributed by atoms with E-state index >= 15 is 0 Å². The van der Waals surface area contributed by atoms with Crippen molar-refractivity contribution in [1.29, 1.82) is 0 Å². The van der Waals surface area contributed by atoms with E-state index in [0.717, 1.165) is 29.8 Å². The highest BCUT2D eigenvalue weighted by Gasteiger charge is 2.22. The van der Waals surface area contributed by atoms with E-state index in [1.807, 2.05) is 19.1 Å². The number of carbonyl (C=O) groups excluding carboxylic acids is 1. The van der Waals surface area contributed by atoms with Gasteiger partial charge in [-0.25, -0.2) is 0 Å². The Morgan fingerprint density at radius 3 is 2.36 bits per heavy atom. The molecule has 2 heterocycles. The molecule has 2 aromatic rings. The lowest BCUT2D eigenvalue weighted by atomic mass is 9.85. The molecule has 1 aliphatic rings. The number of aromatic nitrogens is 1. The van der Waals surface area contributed by atoms with Crippen molar-refractivity contribution in [2.45, 2.75) is 39.2 Å². The van der Waals surface area contributed by atoms with Crippen LogP contribution in [0.15, 0.2) is 48.8 Å². The number of piperidine rings is 1. The molecule has 28 heavy (non-hydrogen) atoms. The fourth-order valence-electron chi connectivity index (χ4n) is 3.72. The topological polar surface area (TPSA) is 54.0 Å². The first-order chi connectivity index (χ1) is 12.6. The maximum atomic E-state index is 12.4. The Kier molecular flexibility index (Phi) is 10.5. The molecule has 0 bridgehead atoms. The molecule has 1 saturated heterocycles. The molecule has 1 aliphatic heterocycles. The van der Waals surface area contributed by atoms with Crippen molar-refractivity contribution < 1.29 is 4.79 Å². The maximum absolute atomic E-state index is 12.4. The molecule has 0 radical (unpaired) electrons. The molecular weight excluding hydrogens is 393 g/mol. The summed E-state index contributed by atoms with van der Waals surface area (Å²) in [5.41, 5.74) is 3.44. The summed E-state index contributed by atoms with van der Waals surface area (Å²) < 4.78 is 0. The third-order valence-electron chi connectivity index (χ3n) is 5.45. The molecule has 1 fully saturated rings. The largest absolute Gasteiger partial charge is 0.350 e. The minimum Gasteiger partial charge on any atom is -0.350 e. The van der Waals surface area contributed by atoms with Gasteiger partial charge >= 0.3 is 0 Å². The fraction of sp³-hybridized carbons (Fsp3) is 0.455. The minimum absolute atomic E-state index is 0. The monoisotopic (exact) mass is 423 g/mol. The van der Waals surface area contributed by atoms with Gasteiger partial charge in [0.15, 0.2) is 0 Å². The van der Waals surface area contributed by atoms with Crippen molar-refractivity contribution in [3.8, 4) is 11.1 Å². The lowest BCUT2D eigenvalue weighted by Crippen LogP contribution is -2.36. The second-order valence-electron chi connectivity index (χ2n) is 7.43. The summed E-state index contributed by atoms with van der Waals surface area (Å²) in [6.45, 7) is 6.40. The van der Waals surface area contributed by atoms with E-state index in [2.05, 4.69) is 46.8 Å². The summed E-state index contributed by atoms with van der Waals surface area (Å²) >= 11 is 0. The smallest absolute Gasteiger partial charge is 0.220 e. The highest BCUT2D eigenvalue weighted by molar-refractivity contribution is 5.85. The number of nitrogens with one attached hydrogen (secondary N) is 2. The summed E-state index contributed by atoms with van der Waals surface area (Å²) in [4.78, 5) is 16.5. The molecule has 3 rings (SSSR count).